The SMILES string of the molecule is COc1cccc(CN(C)CCC(C)Br)c1F. The molecule has 0 N–H and O–H groups in total. The lowest BCUT2D eigenvalue weighted by Crippen LogP contribution is -2.21. The lowest BCUT2D eigenvalue weighted by atomic mass is 10.2. The molecule has 1 aromatic carbocycles. The molecule has 4 heteroatoms. The lowest BCUT2D eigenvalue weighted by molar-refractivity contribution is 0.313. The molecule has 0 heterocycles. The summed E-state index contributed by atoms with van der Waals surface area (Å²) in [5.74, 6) is 0.0542. The highest BCUT2D eigenvalue weighted by molar-refractivity contribution is 9.09. The zero-order valence-electron chi connectivity index (χ0n) is 10.5. The van der Waals surface area contributed by atoms with Gasteiger partial charge in [0, 0.05) is 16.9 Å². The van der Waals surface area contributed by atoms with E-state index in [0.717, 1.165) is 13.0 Å². The first-order chi connectivity index (χ1) is 8.04. The fourth-order valence-corrected chi connectivity index (χ4v) is 1.81. The van der Waals surface area contributed by atoms with Crippen molar-refractivity contribution in [1.29, 1.82) is 0 Å². The monoisotopic (exact) mass is 303 g/mol. The summed E-state index contributed by atoms with van der Waals surface area (Å²) in [6.45, 7) is 3.64. The minimum Gasteiger partial charge on any atom is -0.494 e. The second kappa shape index (κ2) is 6.97. The maximum atomic E-state index is 13.9. The van der Waals surface area contributed by atoms with Crippen LogP contribution in [-0.2, 0) is 6.54 Å². The largest absolute Gasteiger partial charge is 0.494 e. The van der Waals surface area contributed by atoms with Crippen LogP contribution in [0.2, 0.25) is 0 Å². The fourth-order valence-electron chi connectivity index (χ4n) is 1.60. The maximum Gasteiger partial charge on any atom is 0.169 e. The average molecular weight is 304 g/mol. The fraction of sp³-hybridized carbons (Fsp3) is 0.538. The molecule has 17 heavy (non-hydrogen) atoms. The van der Waals surface area contributed by atoms with Gasteiger partial charge in [-0.05, 0) is 26.1 Å². The maximum absolute atomic E-state index is 13.9. The normalized spacial score (nSPS) is 12.8. The predicted molar refractivity (Wildman–Crippen MR) is 72.3 cm³/mol. The third kappa shape index (κ3) is 4.64. The average Bonchev–Trinajstić information content (AvgIpc) is 2.29. The van der Waals surface area contributed by atoms with Gasteiger partial charge in [-0.15, -0.1) is 0 Å². The van der Waals surface area contributed by atoms with Gasteiger partial charge in [0.1, 0.15) is 0 Å². The zero-order chi connectivity index (χ0) is 12.8. The van der Waals surface area contributed by atoms with Crippen molar-refractivity contribution >= 4 is 15.9 Å². The molecule has 1 unspecified atom stereocenters. The Morgan fingerprint density at radius 2 is 2.18 bits per heavy atom. The summed E-state index contributed by atoms with van der Waals surface area (Å²) in [5, 5.41) is 0. The quantitative estimate of drug-likeness (QED) is 0.747. The Labute approximate surface area is 111 Å². The van der Waals surface area contributed by atoms with Crippen LogP contribution in [0.1, 0.15) is 18.9 Å². The van der Waals surface area contributed by atoms with Gasteiger partial charge in [0.15, 0.2) is 11.6 Å². The number of hydrogen-bond acceptors (Lipinski definition) is 2. The Morgan fingerprint density at radius 3 is 2.76 bits per heavy atom. The first-order valence-corrected chi connectivity index (χ1v) is 6.60. The molecule has 0 aliphatic heterocycles. The highest BCUT2D eigenvalue weighted by atomic mass is 79.9. The molecule has 1 aromatic rings. The van der Waals surface area contributed by atoms with E-state index in [1.165, 1.54) is 7.11 Å². The van der Waals surface area contributed by atoms with Crippen molar-refractivity contribution in [2.75, 3.05) is 20.7 Å². The lowest BCUT2D eigenvalue weighted by Gasteiger charge is -2.18. The summed E-state index contributed by atoms with van der Waals surface area (Å²) < 4.78 is 18.8. The van der Waals surface area contributed by atoms with Crippen LogP contribution >= 0.6 is 15.9 Å². The molecule has 0 aromatic heterocycles. The van der Waals surface area contributed by atoms with Crippen molar-refractivity contribution in [1.82, 2.24) is 4.90 Å². The van der Waals surface area contributed by atoms with Gasteiger partial charge in [-0.25, -0.2) is 4.39 Å². The van der Waals surface area contributed by atoms with Crippen molar-refractivity contribution in [2.24, 2.45) is 0 Å². The number of nitrogens with zero attached hydrogens (tertiary/aromatic N) is 1. The predicted octanol–water partition coefficient (Wildman–Crippen LogP) is 3.44. The Kier molecular flexibility index (Phi) is 5.92. The molecule has 2 nitrogen and oxygen atoms in total. The van der Waals surface area contributed by atoms with Crippen LogP contribution in [0.25, 0.3) is 0 Å². The second-order valence-electron chi connectivity index (χ2n) is 4.24. The molecular weight excluding hydrogens is 285 g/mol. The van der Waals surface area contributed by atoms with Gasteiger partial charge < -0.3 is 9.64 Å². The van der Waals surface area contributed by atoms with Crippen molar-refractivity contribution in [3.8, 4) is 5.75 Å². The number of methoxy groups -OCH3 is 1. The van der Waals surface area contributed by atoms with E-state index in [1.54, 1.807) is 12.1 Å². The molecule has 0 aliphatic carbocycles. The highest BCUT2D eigenvalue weighted by Crippen LogP contribution is 2.21. The third-order valence-electron chi connectivity index (χ3n) is 2.61. The summed E-state index contributed by atoms with van der Waals surface area (Å²) in [4.78, 5) is 2.59. The molecule has 0 bridgehead atoms. The number of rotatable bonds is 6. The molecule has 1 rings (SSSR count). The molecule has 0 fully saturated rings. The standard InChI is InChI=1S/C13H19BrFNO/c1-10(14)7-8-16(2)9-11-5-4-6-12(17-3)13(11)15/h4-6,10H,7-9H2,1-3H3. The van der Waals surface area contributed by atoms with Crippen LogP contribution < -0.4 is 4.74 Å². The molecule has 0 saturated heterocycles. The van der Waals surface area contributed by atoms with Crippen LogP contribution in [0, 0.1) is 5.82 Å². The summed E-state index contributed by atoms with van der Waals surface area (Å²) in [6.07, 6.45) is 1.04. The second-order valence-corrected chi connectivity index (χ2v) is 5.80. The number of alkyl halides is 1. The van der Waals surface area contributed by atoms with Gasteiger partial charge in [0.05, 0.1) is 7.11 Å². The summed E-state index contributed by atoms with van der Waals surface area (Å²) in [6, 6.07) is 5.25. The molecule has 0 aliphatic rings. The van der Waals surface area contributed by atoms with E-state index in [0.29, 0.717) is 22.7 Å². The van der Waals surface area contributed by atoms with Crippen molar-refractivity contribution < 1.29 is 9.13 Å². The topological polar surface area (TPSA) is 12.5 Å². The van der Waals surface area contributed by atoms with E-state index in [9.17, 15) is 4.39 Å². The molecule has 0 spiro atoms. The molecule has 1 atom stereocenters. The van der Waals surface area contributed by atoms with Crippen LogP contribution in [0.5, 0.6) is 5.75 Å². The minimum atomic E-state index is -0.256. The van der Waals surface area contributed by atoms with Gasteiger partial charge in [0.25, 0.3) is 0 Å². The first-order valence-electron chi connectivity index (χ1n) is 5.68. The summed E-state index contributed by atoms with van der Waals surface area (Å²) in [5.41, 5.74) is 0.675. The summed E-state index contributed by atoms with van der Waals surface area (Å²) >= 11 is 3.50. The molecule has 96 valence electrons. The van der Waals surface area contributed by atoms with E-state index >= 15 is 0 Å². The van der Waals surface area contributed by atoms with Gasteiger partial charge in [-0.3, -0.25) is 0 Å². The van der Waals surface area contributed by atoms with Crippen LogP contribution in [0.3, 0.4) is 0 Å². The summed E-state index contributed by atoms with van der Waals surface area (Å²) in [7, 11) is 3.48. The Balaban J connectivity index is 2.62. The Hall–Kier alpha value is -0.610. The van der Waals surface area contributed by atoms with Crippen molar-refractivity contribution in [2.45, 2.75) is 24.7 Å². The van der Waals surface area contributed by atoms with E-state index < -0.39 is 0 Å². The van der Waals surface area contributed by atoms with E-state index in [-0.39, 0.29) is 5.82 Å². The third-order valence-corrected chi connectivity index (χ3v) is 3.07. The van der Waals surface area contributed by atoms with Crippen molar-refractivity contribution in [3.63, 3.8) is 0 Å². The van der Waals surface area contributed by atoms with Crippen LogP contribution in [0.4, 0.5) is 4.39 Å². The van der Waals surface area contributed by atoms with E-state index in [1.807, 2.05) is 13.1 Å². The zero-order valence-corrected chi connectivity index (χ0v) is 12.1. The van der Waals surface area contributed by atoms with Gasteiger partial charge in [-0.2, -0.15) is 0 Å². The van der Waals surface area contributed by atoms with Crippen LogP contribution in [-0.4, -0.2) is 30.4 Å². The minimum absolute atomic E-state index is 0.256. The number of halogens is 2. The highest BCUT2D eigenvalue weighted by Gasteiger charge is 2.10. The molecular formula is C13H19BrFNO. The molecule has 0 amide bonds. The van der Waals surface area contributed by atoms with Gasteiger partial charge in [0.2, 0.25) is 0 Å². The number of hydrogen-bond donors (Lipinski definition) is 0. The van der Waals surface area contributed by atoms with E-state index in [2.05, 4.69) is 27.8 Å². The Bertz CT molecular complexity index is 357. The van der Waals surface area contributed by atoms with Crippen LogP contribution in [0.15, 0.2) is 18.2 Å². The number of benzene rings is 1. The van der Waals surface area contributed by atoms with E-state index in [4.69, 9.17) is 4.74 Å². The van der Waals surface area contributed by atoms with Crippen molar-refractivity contribution in [3.05, 3.63) is 29.6 Å². The van der Waals surface area contributed by atoms with Gasteiger partial charge >= 0.3 is 0 Å². The molecule has 0 radical (unpaired) electrons. The van der Waals surface area contributed by atoms with Gasteiger partial charge in [-0.1, -0.05) is 35.0 Å². The Morgan fingerprint density at radius 1 is 1.47 bits per heavy atom. The smallest absolute Gasteiger partial charge is 0.169 e. The molecule has 0 saturated carbocycles. The number of ether oxygens (including phenoxy) is 1. The first kappa shape index (κ1) is 14.5.